The van der Waals surface area contributed by atoms with Crippen LogP contribution in [0.25, 0.3) is 0 Å². The van der Waals surface area contributed by atoms with Gasteiger partial charge in [0.2, 0.25) is 0 Å². The lowest BCUT2D eigenvalue weighted by molar-refractivity contribution is 0.386. The standard InChI is InChI=1S/C18H22FNO/c1-14(16-6-4-3-5-7-16)10-11-20-13-15-8-9-18(21-2)17(19)12-15/h3-9,12,14,20H,10-11,13H2,1-2H3. The summed E-state index contributed by atoms with van der Waals surface area (Å²) in [5.41, 5.74) is 2.29. The van der Waals surface area contributed by atoms with Gasteiger partial charge in [0.05, 0.1) is 7.11 Å². The number of ether oxygens (including phenoxy) is 1. The number of benzene rings is 2. The molecule has 0 aliphatic rings. The van der Waals surface area contributed by atoms with Crippen LogP contribution in [0.3, 0.4) is 0 Å². The fourth-order valence-electron chi connectivity index (χ4n) is 2.32. The molecule has 0 aliphatic carbocycles. The van der Waals surface area contributed by atoms with Gasteiger partial charge in [0.25, 0.3) is 0 Å². The third kappa shape index (κ3) is 4.57. The number of nitrogens with one attached hydrogen (secondary N) is 1. The number of halogens is 1. The van der Waals surface area contributed by atoms with Crippen LogP contribution in [-0.2, 0) is 6.54 Å². The van der Waals surface area contributed by atoms with Crippen LogP contribution in [0, 0.1) is 5.82 Å². The Labute approximate surface area is 126 Å². The molecule has 0 radical (unpaired) electrons. The van der Waals surface area contributed by atoms with Crippen molar-refractivity contribution >= 4 is 0 Å². The van der Waals surface area contributed by atoms with Crippen LogP contribution in [0.4, 0.5) is 4.39 Å². The minimum absolute atomic E-state index is 0.288. The maximum absolute atomic E-state index is 13.6. The SMILES string of the molecule is COc1ccc(CNCCC(C)c2ccccc2)cc1F. The van der Waals surface area contributed by atoms with Gasteiger partial charge in [-0.25, -0.2) is 4.39 Å². The number of rotatable bonds is 7. The Morgan fingerprint density at radius 3 is 2.57 bits per heavy atom. The van der Waals surface area contributed by atoms with E-state index in [0.717, 1.165) is 18.5 Å². The van der Waals surface area contributed by atoms with Gasteiger partial charge in [-0.1, -0.05) is 43.3 Å². The molecule has 0 amide bonds. The lowest BCUT2D eigenvalue weighted by Crippen LogP contribution is -2.16. The van der Waals surface area contributed by atoms with Crippen molar-refractivity contribution < 1.29 is 9.13 Å². The van der Waals surface area contributed by atoms with Crippen molar-refractivity contribution in [1.29, 1.82) is 0 Å². The molecule has 112 valence electrons. The first-order valence-electron chi connectivity index (χ1n) is 7.29. The van der Waals surface area contributed by atoms with Crippen LogP contribution < -0.4 is 10.1 Å². The van der Waals surface area contributed by atoms with E-state index in [4.69, 9.17) is 4.74 Å². The lowest BCUT2D eigenvalue weighted by atomic mass is 9.98. The molecule has 0 saturated carbocycles. The van der Waals surface area contributed by atoms with E-state index in [9.17, 15) is 4.39 Å². The molecule has 21 heavy (non-hydrogen) atoms. The largest absolute Gasteiger partial charge is 0.494 e. The normalized spacial score (nSPS) is 12.1. The van der Waals surface area contributed by atoms with Gasteiger partial charge in [-0.15, -0.1) is 0 Å². The molecule has 0 bridgehead atoms. The monoisotopic (exact) mass is 287 g/mol. The van der Waals surface area contributed by atoms with E-state index in [1.807, 2.05) is 12.1 Å². The van der Waals surface area contributed by atoms with Crippen molar-refractivity contribution in [3.05, 3.63) is 65.5 Å². The molecule has 0 saturated heterocycles. The summed E-state index contributed by atoms with van der Waals surface area (Å²) in [4.78, 5) is 0. The molecule has 2 aromatic rings. The van der Waals surface area contributed by atoms with E-state index in [2.05, 4.69) is 36.5 Å². The Hall–Kier alpha value is -1.87. The molecular formula is C18H22FNO. The first kappa shape index (κ1) is 15.5. The van der Waals surface area contributed by atoms with Crippen LogP contribution in [-0.4, -0.2) is 13.7 Å². The Balaban J connectivity index is 1.76. The van der Waals surface area contributed by atoms with Crippen molar-refractivity contribution in [1.82, 2.24) is 5.32 Å². The van der Waals surface area contributed by atoms with Gasteiger partial charge < -0.3 is 10.1 Å². The van der Waals surface area contributed by atoms with Crippen molar-refractivity contribution in [3.63, 3.8) is 0 Å². The maximum Gasteiger partial charge on any atom is 0.165 e. The third-order valence-corrected chi connectivity index (χ3v) is 3.67. The fraction of sp³-hybridized carbons (Fsp3) is 0.333. The lowest BCUT2D eigenvalue weighted by Gasteiger charge is -2.12. The van der Waals surface area contributed by atoms with E-state index < -0.39 is 0 Å². The second-order valence-electron chi connectivity index (χ2n) is 5.25. The van der Waals surface area contributed by atoms with E-state index in [0.29, 0.717) is 12.5 Å². The van der Waals surface area contributed by atoms with Gasteiger partial charge in [0.1, 0.15) is 0 Å². The van der Waals surface area contributed by atoms with Crippen LogP contribution in [0.2, 0.25) is 0 Å². The Morgan fingerprint density at radius 2 is 1.90 bits per heavy atom. The maximum atomic E-state index is 13.6. The zero-order chi connectivity index (χ0) is 15.1. The molecule has 3 heteroatoms. The summed E-state index contributed by atoms with van der Waals surface area (Å²) in [5.74, 6) is 0.497. The van der Waals surface area contributed by atoms with Gasteiger partial charge in [-0.2, -0.15) is 0 Å². The van der Waals surface area contributed by atoms with Gasteiger partial charge in [-0.05, 0) is 42.1 Å². The molecule has 2 aromatic carbocycles. The van der Waals surface area contributed by atoms with Gasteiger partial charge >= 0.3 is 0 Å². The highest BCUT2D eigenvalue weighted by molar-refractivity contribution is 5.29. The Bertz CT molecular complexity index is 556. The average molecular weight is 287 g/mol. The summed E-state index contributed by atoms with van der Waals surface area (Å²) >= 11 is 0. The Morgan fingerprint density at radius 1 is 1.14 bits per heavy atom. The van der Waals surface area contributed by atoms with E-state index in [1.165, 1.54) is 18.7 Å². The minimum atomic E-state index is -0.311. The van der Waals surface area contributed by atoms with Crippen LogP contribution in [0.1, 0.15) is 30.4 Å². The molecule has 0 aliphatic heterocycles. The van der Waals surface area contributed by atoms with Crippen molar-refractivity contribution in [3.8, 4) is 5.75 Å². The molecule has 2 rings (SSSR count). The number of methoxy groups -OCH3 is 1. The first-order valence-corrected chi connectivity index (χ1v) is 7.29. The summed E-state index contributed by atoms with van der Waals surface area (Å²) in [6, 6.07) is 15.6. The molecule has 1 atom stereocenters. The highest BCUT2D eigenvalue weighted by Crippen LogP contribution is 2.19. The number of hydrogen-bond donors (Lipinski definition) is 1. The molecule has 0 aromatic heterocycles. The van der Waals surface area contributed by atoms with Crippen molar-refractivity contribution in [2.24, 2.45) is 0 Å². The van der Waals surface area contributed by atoms with Crippen molar-refractivity contribution in [2.75, 3.05) is 13.7 Å². The van der Waals surface area contributed by atoms with Gasteiger partial charge in [0, 0.05) is 6.54 Å². The second kappa shape index (κ2) is 7.79. The zero-order valence-electron chi connectivity index (χ0n) is 12.6. The summed E-state index contributed by atoms with van der Waals surface area (Å²) in [5, 5.41) is 3.36. The predicted octanol–water partition coefficient (Wildman–Crippen LogP) is 4.12. The van der Waals surface area contributed by atoms with Crippen molar-refractivity contribution in [2.45, 2.75) is 25.8 Å². The topological polar surface area (TPSA) is 21.3 Å². The zero-order valence-corrected chi connectivity index (χ0v) is 12.6. The Kier molecular flexibility index (Phi) is 5.76. The highest BCUT2D eigenvalue weighted by Gasteiger charge is 2.05. The van der Waals surface area contributed by atoms with E-state index >= 15 is 0 Å². The van der Waals surface area contributed by atoms with E-state index in [1.54, 1.807) is 6.07 Å². The third-order valence-electron chi connectivity index (χ3n) is 3.67. The summed E-state index contributed by atoms with van der Waals surface area (Å²) in [6.45, 7) is 3.80. The molecule has 1 N–H and O–H groups in total. The summed E-state index contributed by atoms with van der Waals surface area (Å²) < 4.78 is 18.5. The molecule has 2 nitrogen and oxygen atoms in total. The van der Waals surface area contributed by atoms with Gasteiger partial charge in [0.15, 0.2) is 11.6 Å². The average Bonchev–Trinajstić information content (AvgIpc) is 2.52. The molecule has 0 heterocycles. The smallest absolute Gasteiger partial charge is 0.165 e. The van der Waals surface area contributed by atoms with Crippen LogP contribution >= 0.6 is 0 Å². The van der Waals surface area contributed by atoms with Crippen LogP contribution in [0.5, 0.6) is 5.75 Å². The second-order valence-corrected chi connectivity index (χ2v) is 5.25. The molecule has 1 unspecified atom stereocenters. The van der Waals surface area contributed by atoms with Crippen LogP contribution in [0.15, 0.2) is 48.5 Å². The van der Waals surface area contributed by atoms with Gasteiger partial charge in [-0.3, -0.25) is 0 Å². The minimum Gasteiger partial charge on any atom is -0.494 e. The highest BCUT2D eigenvalue weighted by atomic mass is 19.1. The first-order chi connectivity index (χ1) is 10.2. The fourth-order valence-corrected chi connectivity index (χ4v) is 2.32. The number of hydrogen-bond acceptors (Lipinski definition) is 2. The predicted molar refractivity (Wildman–Crippen MR) is 84.1 cm³/mol. The summed E-state index contributed by atoms with van der Waals surface area (Å²) in [7, 11) is 1.47. The quantitative estimate of drug-likeness (QED) is 0.774. The molecular weight excluding hydrogens is 265 g/mol. The van der Waals surface area contributed by atoms with E-state index in [-0.39, 0.29) is 11.6 Å². The molecule has 0 spiro atoms. The summed E-state index contributed by atoms with van der Waals surface area (Å²) in [6.07, 6.45) is 1.06. The molecule has 0 fully saturated rings.